The van der Waals surface area contributed by atoms with E-state index in [0.717, 1.165) is 14.8 Å². The van der Waals surface area contributed by atoms with Crippen LogP contribution in [0.15, 0.2) is 0 Å². The van der Waals surface area contributed by atoms with E-state index < -0.39 is 25.6 Å². The fraction of sp³-hybridized carbons (Fsp3) is 1.00. The molecule has 0 saturated carbocycles. The van der Waals surface area contributed by atoms with E-state index in [4.69, 9.17) is 0 Å². The molecule has 0 aliphatic rings. The van der Waals surface area contributed by atoms with Crippen molar-refractivity contribution in [3.8, 4) is 0 Å². The first-order valence-electron chi connectivity index (χ1n) is 2.51. The van der Waals surface area contributed by atoms with Gasteiger partial charge in [0.25, 0.3) is 8.27 Å². The molecule has 0 heterocycles. The molecule has 0 fully saturated rings. The fourth-order valence-electron chi connectivity index (χ4n) is 0.437. The molecule has 0 atom stereocenters. The molecule has 2 nitrogen and oxygen atoms in total. The standard InChI is InChI=1S/C3BrF7O2S/c4-14(12,13)1(5,2(6,7)8)3(9,10)11. The third kappa shape index (κ3) is 1.97. The first kappa shape index (κ1) is 13.9. The lowest BCUT2D eigenvalue weighted by Gasteiger charge is -2.26. The number of halogens is 8. The molecule has 0 aromatic rings. The molecule has 0 unspecified atom stereocenters. The highest BCUT2D eigenvalue weighted by atomic mass is 79.9. The largest absolute Gasteiger partial charge is 0.447 e. The third-order valence-corrected chi connectivity index (χ3v) is 3.54. The van der Waals surface area contributed by atoms with E-state index in [0.29, 0.717) is 0 Å². The Morgan fingerprint density at radius 3 is 1.00 bits per heavy atom. The van der Waals surface area contributed by atoms with Crippen LogP contribution in [-0.4, -0.2) is 25.8 Å². The molecular formula is C3BrF7O2S. The van der Waals surface area contributed by atoms with Gasteiger partial charge in [0, 0.05) is 0 Å². The maximum absolute atomic E-state index is 12.4. The summed E-state index contributed by atoms with van der Waals surface area (Å²) >= 11 is 1.03. The molecule has 0 radical (unpaired) electrons. The minimum atomic E-state index is -6.60. The van der Waals surface area contributed by atoms with Crippen LogP contribution in [0.5, 0.6) is 0 Å². The van der Waals surface area contributed by atoms with Crippen molar-refractivity contribution in [3.05, 3.63) is 0 Å². The van der Waals surface area contributed by atoms with Crippen LogP contribution in [0.1, 0.15) is 0 Å². The first-order chi connectivity index (χ1) is 5.75. The van der Waals surface area contributed by atoms with Crippen molar-refractivity contribution in [2.75, 3.05) is 0 Å². The molecule has 11 heteroatoms. The first-order valence-corrected chi connectivity index (χ1v) is 5.84. The summed E-state index contributed by atoms with van der Waals surface area (Å²) in [5.41, 5.74) is 0. The smallest absolute Gasteiger partial charge is 0.213 e. The second-order valence-corrected chi connectivity index (χ2v) is 6.02. The van der Waals surface area contributed by atoms with Crippen molar-refractivity contribution in [1.82, 2.24) is 0 Å². The number of alkyl halides is 7. The van der Waals surface area contributed by atoms with Crippen LogP contribution in [-0.2, 0) is 8.27 Å². The van der Waals surface area contributed by atoms with Crippen LogP contribution in [0.4, 0.5) is 30.7 Å². The van der Waals surface area contributed by atoms with Gasteiger partial charge in [-0.15, -0.1) is 0 Å². The summed E-state index contributed by atoms with van der Waals surface area (Å²) in [5, 5.41) is -6.30. The minimum absolute atomic E-state index is 1.03. The zero-order valence-electron chi connectivity index (χ0n) is 5.75. The monoisotopic (exact) mass is 312 g/mol. The van der Waals surface area contributed by atoms with E-state index in [9.17, 15) is 39.2 Å². The van der Waals surface area contributed by atoms with Crippen molar-refractivity contribution in [3.63, 3.8) is 0 Å². The van der Waals surface area contributed by atoms with Crippen molar-refractivity contribution < 1.29 is 39.2 Å². The minimum Gasteiger partial charge on any atom is -0.213 e. The lowest BCUT2D eigenvalue weighted by molar-refractivity contribution is -0.305. The summed E-state index contributed by atoms with van der Waals surface area (Å²) in [4.78, 5) is 0. The van der Waals surface area contributed by atoms with Crippen molar-refractivity contribution >= 4 is 23.1 Å². The molecule has 0 saturated heterocycles. The van der Waals surface area contributed by atoms with Crippen LogP contribution >= 0.6 is 14.8 Å². The van der Waals surface area contributed by atoms with Gasteiger partial charge < -0.3 is 0 Å². The maximum Gasteiger partial charge on any atom is 0.447 e. The molecule has 0 rings (SSSR count). The van der Waals surface area contributed by atoms with Crippen molar-refractivity contribution in [1.29, 1.82) is 0 Å². The zero-order valence-corrected chi connectivity index (χ0v) is 8.15. The highest BCUT2D eigenvalue weighted by Gasteiger charge is 2.80. The van der Waals surface area contributed by atoms with Gasteiger partial charge in [0.05, 0.1) is 14.8 Å². The Labute approximate surface area is 80.2 Å². The van der Waals surface area contributed by atoms with Crippen LogP contribution < -0.4 is 0 Å². The Hall–Kier alpha value is -0.0600. The van der Waals surface area contributed by atoms with Gasteiger partial charge in [0.1, 0.15) is 0 Å². The average Bonchev–Trinajstić information content (AvgIpc) is 1.77. The summed E-state index contributed by atoms with van der Waals surface area (Å²) < 4.78 is 102. The Morgan fingerprint density at radius 2 is 1.00 bits per heavy atom. The Kier molecular flexibility index (Phi) is 3.21. The van der Waals surface area contributed by atoms with Gasteiger partial charge in [-0.05, 0) is 0 Å². The predicted octanol–water partition coefficient (Wildman–Crippen LogP) is 2.50. The topological polar surface area (TPSA) is 34.1 Å². The number of hydrogen-bond acceptors (Lipinski definition) is 2. The summed E-state index contributed by atoms with van der Waals surface area (Å²) in [6.07, 6.45) is -13.2. The SMILES string of the molecule is O=S(=O)(Br)C(F)(C(F)(F)F)C(F)(F)F. The van der Waals surface area contributed by atoms with E-state index in [1.165, 1.54) is 0 Å². The van der Waals surface area contributed by atoms with Gasteiger partial charge in [-0.1, -0.05) is 0 Å². The van der Waals surface area contributed by atoms with Crippen LogP contribution in [0.3, 0.4) is 0 Å². The lowest BCUT2D eigenvalue weighted by atomic mass is 10.3. The van der Waals surface area contributed by atoms with Gasteiger partial charge in [-0.3, -0.25) is 0 Å². The maximum atomic E-state index is 12.4. The highest BCUT2D eigenvalue weighted by molar-refractivity contribution is 9.47. The van der Waals surface area contributed by atoms with E-state index in [1.807, 2.05) is 0 Å². The Morgan fingerprint density at radius 1 is 0.786 bits per heavy atom. The molecule has 0 amide bonds. The molecule has 86 valence electrons. The number of rotatable bonds is 1. The normalized spacial score (nSPS) is 15.7. The highest BCUT2D eigenvalue weighted by Crippen LogP contribution is 2.51. The molecule has 0 spiro atoms. The van der Waals surface area contributed by atoms with Crippen LogP contribution in [0.25, 0.3) is 0 Å². The Balaban J connectivity index is 5.81. The number of hydrogen-bond donors (Lipinski definition) is 0. The molecule has 0 aliphatic heterocycles. The molecule has 0 aromatic heterocycles. The average molecular weight is 313 g/mol. The third-order valence-electron chi connectivity index (χ3n) is 1.07. The van der Waals surface area contributed by atoms with E-state index in [2.05, 4.69) is 0 Å². The molecule has 0 aromatic carbocycles. The molecular weight excluding hydrogens is 313 g/mol. The zero-order chi connectivity index (χ0) is 12.0. The summed E-state index contributed by atoms with van der Waals surface area (Å²) in [5.74, 6) is 0. The second kappa shape index (κ2) is 3.22. The van der Waals surface area contributed by atoms with Crippen LogP contribution in [0.2, 0.25) is 0 Å². The molecule has 14 heavy (non-hydrogen) atoms. The van der Waals surface area contributed by atoms with E-state index in [1.54, 1.807) is 0 Å². The van der Waals surface area contributed by atoms with Gasteiger partial charge in [-0.2, -0.15) is 26.3 Å². The van der Waals surface area contributed by atoms with Gasteiger partial charge in [0.2, 0.25) is 0 Å². The summed E-state index contributed by atoms with van der Waals surface area (Å²) in [6, 6.07) is 0. The molecule has 0 aliphatic carbocycles. The Bertz CT molecular complexity index is 299. The molecule has 0 bridgehead atoms. The predicted molar refractivity (Wildman–Crippen MR) is 33.8 cm³/mol. The summed E-state index contributed by atoms with van der Waals surface area (Å²) in [7, 11) is -6.18. The van der Waals surface area contributed by atoms with Crippen molar-refractivity contribution in [2.45, 2.75) is 17.4 Å². The van der Waals surface area contributed by atoms with Gasteiger partial charge in [0.15, 0.2) is 0 Å². The van der Waals surface area contributed by atoms with Gasteiger partial charge in [-0.25, -0.2) is 12.8 Å². The van der Waals surface area contributed by atoms with Gasteiger partial charge >= 0.3 is 17.4 Å². The quantitative estimate of drug-likeness (QED) is 0.551. The van der Waals surface area contributed by atoms with Crippen LogP contribution in [0, 0.1) is 0 Å². The van der Waals surface area contributed by atoms with E-state index >= 15 is 0 Å². The second-order valence-electron chi connectivity index (χ2n) is 2.03. The van der Waals surface area contributed by atoms with E-state index in [-0.39, 0.29) is 0 Å². The summed E-state index contributed by atoms with van der Waals surface area (Å²) in [6.45, 7) is 0. The fourth-order valence-corrected chi connectivity index (χ4v) is 2.09. The van der Waals surface area contributed by atoms with Crippen molar-refractivity contribution in [2.24, 2.45) is 0 Å². The molecule has 0 N–H and O–H groups in total. The lowest BCUT2D eigenvalue weighted by Crippen LogP contribution is -2.56.